The molecule has 0 spiro atoms. The molecule has 3 N–H and O–H groups in total. The van der Waals surface area contributed by atoms with Crippen LogP contribution in [0.25, 0.3) is 0 Å². The Hall–Kier alpha value is -3.11. The number of benzene rings is 2. The van der Waals surface area contributed by atoms with Crippen molar-refractivity contribution in [3.63, 3.8) is 0 Å². The van der Waals surface area contributed by atoms with Crippen LogP contribution in [-0.4, -0.2) is 39.1 Å². The Balaban J connectivity index is 2.03. The van der Waals surface area contributed by atoms with Crippen LogP contribution in [0, 0.1) is 0 Å². The molecule has 0 fully saturated rings. The molecule has 2 rings (SSSR count). The maximum Gasteiger partial charge on any atom is 0.303 e. The van der Waals surface area contributed by atoms with E-state index in [-0.39, 0.29) is 16.9 Å². The first kappa shape index (κ1) is 23.2. The molecule has 30 heavy (non-hydrogen) atoms. The fourth-order valence-corrected chi connectivity index (χ4v) is 3.31. The van der Waals surface area contributed by atoms with E-state index in [1.807, 2.05) is 11.8 Å². The molecule has 162 valence electrons. The number of methoxy groups -OCH3 is 1. The molecule has 0 bridgehead atoms. The number of sulfonamides is 1. The molecule has 9 nitrogen and oxygen atoms in total. The van der Waals surface area contributed by atoms with Gasteiger partial charge in [0.1, 0.15) is 0 Å². The molecular weight excluding hydrogens is 412 g/mol. The average Bonchev–Trinajstić information content (AvgIpc) is 2.74. The number of hydrogen-bond acceptors (Lipinski definition) is 6. The Bertz CT molecular complexity index is 989. The molecule has 0 atom stereocenters. The number of nitrogens with one attached hydrogen (secondary N) is 2. The summed E-state index contributed by atoms with van der Waals surface area (Å²) < 4.78 is 35.5. The second-order valence-electron chi connectivity index (χ2n) is 6.31. The lowest BCUT2D eigenvalue weighted by Gasteiger charge is -2.12. The second kappa shape index (κ2) is 10.6. The summed E-state index contributed by atoms with van der Waals surface area (Å²) >= 11 is 0. The van der Waals surface area contributed by atoms with Crippen molar-refractivity contribution in [1.29, 1.82) is 0 Å². The Labute approximate surface area is 175 Å². The van der Waals surface area contributed by atoms with Crippen molar-refractivity contribution < 1.29 is 32.6 Å². The maximum absolute atomic E-state index is 12.4. The van der Waals surface area contributed by atoms with Crippen molar-refractivity contribution in [2.45, 2.75) is 31.1 Å². The third-order valence-corrected chi connectivity index (χ3v) is 5.31. The highest BCUT2D eigenvalue weighted by Crippen LogP contribution is 2.28. The number of carboxylic acids is 1. The van der Waals surface area contributed by atoms with Gasteiger partial charge in [0.15, 0.2) is 11.5 Å². The Morgan fingerprint density at radius 3 is 2.37 bits per heavy atom. The Morgan fingerprint density at radius 1 is 1.07 bits per heavy atom. The Morgan fingerprint density at radius 2 is 1.77 bits per heavy atom. The normalized spacial score (nSPS) is 11.0. The van der Waals surface area contributed by atoms with Crippen LogP contribution in [0.3, 0.4) is 0 Å². The van der Waals surface area contributed by atoms with Crippen LogP contribution >= 0.6 is 0 Å². The number of hydrogen-bond donors (Lipinski definition) is 3. The molecule has 2 aromatic rings. The minimum absolute atomic E-state index is 0.0495. The van der Waals surface area contributed by atoms with E-state index in [1.54, 1.807) is 6.07 Å². The van der Waals surface area contributed by atoms with Gasteiger partial charge in [-0.3, -0.25) is 15.0 Å². The monoisotopic (exact) mass is 436 g/mol. The van der Waals surface area contributed by atoms with Crippen LogP contribution < -0.4 is 19.7 Å². The van der Waals surface area contributed by atoms with Crippen LogP contribution in [0.5, 0.6) is 11.5 Å². The van der Waals surface area contributed by atoms with Crippen molar-refractivity contribution in [3.8, 4) is 11.5 Å². The van der Waals surface area contributed by atoms with E-state index in [2.05, 4.69) is 5.43 Å². The molecule has 2 aromatic carbocycles. The third kappa shape index (κ3) is 6.46. The van der Waals surface area contributed by atoms with Gasteiger partial charge in [0.25, 0.3) is 15.9 Å². The minimum Gasteiger partial charge on any atom is -0.493 e. The molecular formula is C20H24N2O7S. The van der Waals surface area contributed by atoms with Gasteiger partial charge in [-0.2, -0.15) is 0 Å². The van der Waals surface area contributed by atoms with Gasteiger partial charge in [-0.15, -0.1) is 4.83 Å². The van der Waals surface area contributed by atoms with E-state index in [4.69, 9.17) is 14.6 Å². The molecule has 0 aromatic heterocycles. The van der Waals surface area contributed by atoms with Crippen molar-refractivity contribution in [2.75, 3.05) is 13.7 Å². The standard InChI is InChI=1S/C20H24N2O7S/c1-3-12-29-17-10-7-15(13-18(17)28-2)20(25)21-22-30(26,27)16-8-4-14(5-9-16)6-11-19(23)24/h4-5,7-10,13,22H,3,6,11-12H2,1-2H3,(H,21,25)(H,23,24). The fraction of sp³-hybridized carbons (Fsp3) is 0.300. The number of carbonyl (C=O) groups excluding carboxylic acids is 1. The molecule has 0 saturated carbocycles. The zero-order chi connectivity index (χ0) is 22.1. The minimum atomic E-state index is -4.00. The summed E-state index contributed by atoms with van der Waals surface area (Å²) in [6.07, 6.45) is 1.06. The van der Waals surface area contributed by atoms with E-state index in [1.165, 1.54) is 43.5 Å². The summed E-state index contributed by atoms with van der Waals surface area (Å²) in [5, 5.41) is 8.70. The lowest BCUT2D eigenvalue weighted by molar-refractivity contribution is -0.136. The van der Waals surface area contributed by atoms with E-state index < -0.39 is 21.9 Å². The summed E-state index contributed by atoms with van der Waals surface area (Å²) in [6, 6.07) is 10.3. The van der Waals surface area contributed by atoms with E-state index in [0.29, 0.717) is 30.1 Å². The third-order valence-electron chi connectivity index (χ3n) is 4.05. The first-order chi connectivity index (χ1) is 14.3. The van der Waals surface area contributed by atoms with Gasteiger partial charge in [-0.1, -0.05) is 19.1 Å². The highest BCUT2D eigenvalue weighted by molar-refractivity contribution is 7.89. The number of amides is 1. The van der Waals surface area contributed by atoms with E-state index >= 15 is 0 Å². The van der Waals surface area contributed by atoms with Gasteiger partial charge in [0.2, 0.25) is 0 Å². The molecule has 0 heterocycles. The summed E-state index contributed by atoms with van der Waals surface area (Å²) in [5.41, 5.74) is 3.03. The lowest BCUT2D eigenvalue weighted by atomic mass is 10.1. The zero-order valence-electron chi connectivity index (χ0n) is 16.7. The summed E-state index contributed by atoms with van der Waals surface area (Å²) in [5.74, 6) is -0.759. The second-order valence-corrected chi connectivity index (χ2v) is 7.99. The van der Waals surface area contributed by atoms with Crippen LogP contribution in [0.2, 0.25) is 0 Å². The first-order valence-electron chi connectivity index (χ1n) is 9.20. The topological polar surface area (TPSA) is 131 Å². The van der Waals surface area contributed by atoms with Crippen LogP contribution in [0.1, 0.15) is 35.7 Å². The van der Waals surface area contributed by atoms with E-state index in [9.17, 15) is 18.0 Å². The number of carboxylic acid groups (broad SMARTS) is 1. The van der Waals surface area contributed by atoms with E-state index in [0.717, 1.165) is 6.42 Å². The van der Waals surface area contributed by atoms with Gasteiger partial charge >= 0.3 is 5.97 Å². The summed E-state index contributed by atoms with van der Waals surface area (Å²) in [6.45, 7) is 2.46. The average molecular weight is 436 g/mol. The predicted molar refractivity (Wildman–Crippen MR) is 109 cm³/mol. The molecule has 10 heteroatoms. The maximum atomic E-state index is 12.4. The first-order valence-corrected chi connectivity index (χ1v) is 10.7. The lowest BCUT2D eigenvalue weighted by Crippen LogP contribution is -2.41. The van der Waals surface area contributed by atoms with Gasteiger partial charge in [0, 0.05) is 12.0 Å². The van der Waals surface area contributed by atoms with Crippen molar-refractivity contribution >= 4 is 21.9 Å². The molecule has 0 unspecified atom stereocenters. The van der Waals surface area contributed by atoms with Crippen LogP contribution in [0.4, 0.5) is 0 Å². The van der Waals surface area contributed by atoms with Crippen molar-refractivity contribution in [3.05, 3.63) is 53.6 Å². The van der Waals surface area contributed by atoms with Crippen molar-refractivity contribution in [2.24, 2.45) is 0 Å². The Kier molecular flexibility index (Phi) is 8.19. The fourth-order valence-electron chi connectivity index (χ4n) is 2.47. The van der Waals surface area contributed by atoms with Crippen molar-refractivity contribution in [1.82, 2.24) is 10.3 Å². The number of rotatable bonds is 11. The summed E-state index contributed by atoms with van der Waals surface area (Å²) in [7, 11) is -2.56. The molecule has 0 aliphatic carbocycles. The van der Waals surface area contributed by atoms with Gasteiger partial charge in [-0.25, -0.2) is 8.42 Å². The predicted octanol–water partition coefficient (Wildman–Crippen LogP) is 2.12. The molecule has 0 radical (unpaired) electrons. The summed E-state index contributed by atoms with van der Waals surface area (Å²) in [4.78, 5) is 24.9. The number of hydrazine groups is 1. The highest BCUT2D eigenvalue weighted by Gasteiger charge is 2.17. The number of aryl methyl sites for hydroxylation is 1. The quantitative estimate of drug-likeness (QED) is 0.460. The smallest absolute Gasteiger partial charge is 0.303 e. The molecule has 0 aliphatic heterocycles. The van der Waals surface area contributed by atoms with Gasteiger partial charge < -0.3 is 14.6 Å². The molecule has 1 amide bonds. The molecule has 0 saturated heterocycles. The van der Waals surface area contributed by atoms with Gasteiger partial charge in [0.05, 0.1) is 18.6 Å². The van der Waals surface area contributed by atoms with Gasteiger partial charge in [-0.05, 0) is 48.7 Å². The number of ether oxygens (including phenoxy) is 2. The zero-order valence-corrected chi connectivity index (χ0v) is 17.5. The number of carbonyl (C=O) groups is 2. The van der Waals surface area contributed by atoms with Crippen LogP contribution in [-0.2, 0) is 21.2 Å². The van der Waals surface area contributed by atoms with Crippen LogP contribution in [0.15, 0.2) is 47.4 Å². The number of aliphatic carboxylic acids is 1. The largest absolute Gasteiger partial charge is 0.493 e. The molecule has 0 aliphatic rings. The SMILES string of the molecule is CCCOc1ccc(C(=O)NNS(=O)(=O)c2ccc(CCC(=O)O)cc2)cc1OC. The highest BCUT2D eigenvalue weighted by atomic mass is 32.2.